The van der Waals surface area contributed by atoms with Gasteiger partial charge in [0.05, 0.1) is 0 Å². The van der Waals surface area contributed by atoms with Crippen molar-refractivity contribution in [2.75, 3.05) is 0 Å². The first-order valence-electron chi connectivity index (χ1n) is 5.35. The van der Waals surface area contributed by atoms with E-state index in [-0.39, 0.29) is 0 Å². The van der Waals surface area contributed by atoms with Crippen LogP contribution in [0.2, 0.25) is 0 Å². The fraction of sp³-hybridized carbons (Fsp3) is 0.133. The fourth-order valence-electron chi connectivity index (χ4n) is 1.81. The van der Waals surface area contributed by atoms with Crippen molar-refractivity contribution in [3.8, 4) is 11.1 Å². The van der Waals surface area contributed by atoms with E-state index in [0.717, 1.165) is 5.57 Å². The number of aromatic nitrogens is 1. The second-order valence-corrected chi connectivity index (χ2v) is 4.05. The number of hydrogen-bond acceptors (Lipinski definition) is 1. The largest absolute Gasteiger partial charge is 0.265 e. The second-order valence-electron chi connectivity index (χ2n) is 4.05. The average Bonchev–Trinajstić information content (AvgIpc) is 2.30. The van der Waals surface area contributed by atoms with E-state index in [1.54, 1.807) is 0 Å². The third-order valence-corrected chi connectivity index (χ3v) is 2.71. The third-order valence-electron chi connectivity index (χ3n) is 2.71. The van der Waals surface area contributed by atoms with Gasteiger partial charge in [-0.2, -0.15) is 0 Å². The number of benzene rings is 1. The van der Waals surface area contributed by atoms with Crippen LogP contribution in [0.1, 0.15) is 18.1 Å². The summed E-state index contributed by atoms with van der Waals surface area (Å²) in [4.78, 5) is 4.03. The van der Waals surface area contributed by atoms with Gasteiger partial charge in [-0.3, -0.25) is 4.98 Å². The lowest BCUT2D eigenvalue weighted by molar-refractivity contribution is 1.33. The van der Waals surface area contributed by atoms with E-state index in [9.17, 15) is 0 Å². The first-order chi connectivity index (χ1) is 7.68. The maximum Gasteiger partial charge on any atom is 0.0273 e. The zero-order chi connectivity index (χ0) is 11.5. The van der Waals surface area contributed by atoms with Crippen LogP contribution in [0.25, 0.3) is 16.7 Å². The van der Waals surface area contributed by atoms with Gasteiger partial charge >= 0.3 is 0 Å². The summed E-state index contributed by atoms with van der Waals surface area (Å²) < 4.78 is 0. The zero-order valence-corrected chi connectivity index (χ0v) is 9.70. The van der Waals surface area contributed by atoms with Crippen molar-refractivity contribution in [3.05, 3.63) is 60.4 Å². The Labute approximate surface area is 96.5 Å². The van der Waals surface area contributed by atoms with Crippen LogP contribution >= 0.6 is 0 Å². The molecular formula is C15H15N. The first-order valence-corrected chi connectivity index (χ1v) is 5.35. The van der Waals surface area contributed by atoms with Crippen molar-refractivity contribution in [1.29, 1.82) is 0 Å². The lowest BCUT2D eigenvalue weighted by Gasteiger charge is -2.08. The van der Waals surface area contributed by atoms with E-state index in [0.29, 0.717) is 0 Å². The number of pyridine rings is 1. The molecule has 1 nitrogen and oxygen atoms in total. The van der Waals surface area contributed by atoms with E-state index in [4.69, 9.17) is 0 Å². The molecule has 0 saturated heterocycles. The van der Waals surface area contributed by atoms with Crippen LogP contribution < -0.4 is 0 Å². The smallest absolute Gasteiger partial charge is 0.0273 e. The second kappa shape index (κ2) is 4.31. The van der Waals surface area contributed by atoms with Gasteiger partial charge < -0.3 is 0 Å². The van der Waals surface area contributed by atoms with Gasteiger partial charge in [0.15, 0.2) is 0 Å². The van der Waals surface area contributed by atoms with E-state index in [1.807, 2.05) is 31.5 Å². The molecule has 0 atom stereocenters. The Bertz CT molecular complexity index is 512. The third kappa shape index (κ3) is 2.03. The molecule has 0 aliphatic rings. The summed E-state index contributed by atoms with van der Waals surface area (Å²) in [5.41, 5.74) is 6.01. The van der Waals surface area contributed by atoms with E-state index in [2.05, 4.69) is 36.7 Å². The van der Waals surface area contributed by atoms with Gasteiger partial charge in [-0.15, -0.1) is 0 Å². The zero-order valence-electron chi connectivity index (χ0n) is 9.70. The molecule has 2 aromatic rings. The van der Waals surface area contributed by atoms with Crippen molar-refractivity contribution >= 4 is 5.57 Å². The molecule has 1 aromatic heterocycles. The molecule has 0 saturated carbocycles. The van der Waals surface area contributed by atoms with Gasteiger partial charge in [0.1, 0.15) is 0 Å². The average molecular weight is 209 g/mol. The van der Waals surface area contributed by atoms with Crippen LogP contribution in [0, 0.1) is 6.92 Å². The Kier molecular flexibility index (Phi) is 2.86. The first kappa shape index (κ1) is 10.6. The normalized spacial score (nSPS) is 10.1. The summed E-state index contributed by atoms with van der Waals surface area (Å²) >= 11 is 0. The van der Waals surface area contributed by atoms with Gasteiger partial charge in [-0.1, -0.05) is 24.3 Å². The molecule has 0 bridgehead atoms. The van der Waals surface area contributed by atoms with Crippen molar-refractivity contribution in [2.45, 2.75) is 13.8 Å². The minimum atomic E-state index is 1.11. The maximum atomic E-state index is 4.03. The predicted octanol–water partition coefficient (Wildman–Crippen LogP) is 4.09. The van der Waals surface area contributed by atoms with Gasteiger partial charge in [-0.25, -0.2) is 0 Å². The molecule has 0 N–H and O–H groups in total. The number of allylic oxidation sites excluding steroid dienone is 1. The van der Waals surface area contributed by atoms with Gasteiger partial charge in [0.2, 0.25) is 0 Å². The summed E-state index contributed by atoms with van der Waals surface area (Å²) in [6.45, 7) is 8.16. The van der Waals surface area contributed by atoms with Crippen LogP contribution in [0.5, 0.6) is 0 Å². The lowest BCUT2D eigenvalue weighted by Crippen LogP contribution is -1.87. The van der Waals surface area contributed by atoms with Crippen LogP contribution in [-0.4, -0.2) is 4.98 Å². The van der Waals surface area contributed by atoms with Crippen molar-refractivity contribution in [2.24, 2.45) is 0 Å². The molecule has 1 heteroatoms. The highest BCUT2D eigenvalue weighted by Gasteiger charge is 2.02. The minimum Gasteiger partial charge on any atom is -0.265 e. The molecule has 0 aliphatic heterocycles. The van der Waals surface area contributed by atoms with Gasteiger partial charge in [0.25, 0.3) is 0 Å². The Hall–Kier alpha value is -1.89. The number of nitrogens with zero attached hydrogens (tertiary/aromatic N) is 1. The molecule has 80 valence electrons. The Morgan fingerprint density at radius 3 is 2.38 bits per heavy atom. The highest BCUT2D eigenvalue weighted by atomic mass is 14.6. The molecule has 0 unspecified atom stereocenters. The Balaban J connectivity index is 2.52. The van der Waals surface area contributed by atoms with Gasteiger partial charge in [0, 0.05) is 12.4 Å². The van der Waals surface area contributed by atoms with Crippen molar-refractivity contribution in [1.82, 2.24) is 4.98 Å². The van der Waals surface area contributed by atoms with Gasteiger partial charge in [-0.05, 0) is 54.3 Å². The Morgan fingerprint density at radius 1 is 1.06 bits per heavy atom. The maximum absolute atomic E-state index is 4.03. The predicted molar refractivity (Wildman–Crippen MR) is 69.1 cm³/mol. The molecule has 1 aromatic carbocycles. The summed E-state index contributed by atoms with van der Waals surface area (Å²) in [6, 6.07) is 10.5. The molecular weight excluding hydrogens is 194 g/mol. The summed E-state index contributed by atoms with van der Waals surface area (Å²) in [5, 5.41) is 0. The quantitative estimate of drug-likeness (QED) is 0.726. The highest BCUT2D eigenvalue weighted by Crippen LogP contribution is 2.25. The fourth-order valence-corrected chi connectivity index (χ4v) is 1.81. The molecule has 0 radical (unpaired) electrons. The summed E-state index contributed by atoms with van der Waals surface area (Å²) in [6.07, 6.45) is 3.63. The highest BCUT2D eigenvalue weighted by molar-refractivity contribution is 5.72. The van der Waals surface area contributed by atoms with Crippen LogP contribution in [-0.2, 0) is 0 Å². The van der Waals surface area contributed by atoms with Crippen LogP contribution in [0.4, 0.5) is 0 Å². The van der Waals surface area contributed by atoms with E-state index < -0.39 is 0 Å². The minimum absolute atomic E-state index is 1.11. The van der Waals surface area contributed by atoms with E-state index >= 15 is 0 Å². The lowest BCUT2D eigenvalue weighted by atomic mass is 9.97. The summed E-state index contributed by atoms with van der Waals surface area (Å²) in [5.74, 6) is 0. The molecule has 0 amide bonds. The van der Waals surface area contributed by atoms with E-state index in [1.165, 1.54) is 22.3 Å². The number of aryl methyl sites for hydroxylation is 1. The van der Waals surface area contributed by atoms with Crippen molar-refractivity contribution < 1.29 is 0 Å². The number of hydrogen-bond donors (Lipinski definition) is 0. The SMILES string of the molecule is C=C(C)c1cc(-c2ccncc2)ccc1C. The van der Waals surface area contributed by atoms with Crippen molar-refractivity contribution in [3.63, 3.8) is 0 Å². The van der Waals surface area contributed by atoms with Crippen LogP contribution in [0.3, 0.4) is 0 Å². The topological polar surface area (TPSA) is 12.9 Å². The molecule has 0 spiro atoms. The molecule has 16 heavy (non-hydrogen) atoms. The number of rotatable bonds is 2. The molecule has 0 aliphatic carbocycles. The standard InChI is InChI=1S/C15H15N/c1-11(2)15-10-14(5-4-12(15)3)13-6-8-16-9-7-13/h4-10H,1H2,2-3H3. The van der Waals surface area contributed by atoms with Crippen LogP contribution in [0.15, 0.2) is 49.3 Å². The molecule has 2 rings (SSSR count). The monoisotopic (exact) mass is 209 g/mol. The molecule has 0 fully saturated rings. The molecule has 1 heterocycles. The summed E-state index contributed by atoms with van der Waals surface area (Å²) in [7, 11) is 0. The Morgan fingerprint density at radius 2 is 1.75 bits per heavy atom.